The fourth-order valence-electron chi connectivity index (χ4n) is 2.96. The van der Waals surface area contributed by atoms with Crippen molar-refractivity contribution in [1.29, 1.82) is 0 Å². The van der Waals surface area contributed by atoms with Crippen LogP contribution in [0.25, 0.3) is 15.9 Å². The van der Waals surface area contributed by atoms with Crippen LogP contribution in [0.4, 0.5) is 0 Å². The maximum atomic E-state index is 12.9. The Morgan fingerprint density at radius 1 is 1.17 bits per heavy atom. The molecule has 0 atom stereocenters. The lowest BCUT2D eigenvalue weighted by Crippen LogP contribution is -2.23. The van der Waals surface area contributed by atoms with Crippen molar-refractivity contribution in [3.05, 3.63) is 60.7 Å². The Labute approximate surface area is 179 Å². The van der Waals surface area contributed by atoms with Gasteiger partial charge in [0.05, 0.1) is 16.6 Å². The van der Waals surface area contributed by atoms with E-state index in [4.69, 9.17) is 11.6 Å². The van der Waals surface area contributed by atoms with E-state index in [-0.39, 0.29) is 11.1 Å². The first kappa shape index (κ1) is 20.1. The van der Waals surface area contributed by atoms with Crippen LogP contribution in [0, 0.1) is 0 Å². The highest BCUT2D eigenvalue weighted by molar-refractivity contribution is 7.98. The Balaban J connectivity index is 1.72. The van der Waals surface area contributed by atoms with E-state index in [9.17, 15) is 9.59 Å². The summed E-state index contributed by atoms with van der Waals surface area (Å²) in [5.74, 6) is 0.424. The van der Waals surface area contributed by atoms with Crippen molar-refractivity contribution in [2.24, 2.45) is 0 Å². The van der Waals surface area contributed by atoms with Crippen molar-refractivity contribution in [3.8, 4) is 0 Å². The van der Waals surface area contributed by atoms with Crippen LogP contribution < -0.4 is 11.1 Å². The second-order valence-electron chi connectivity index (χ2n) is 6.43. The number of aromatic nitrogens is 5. The third-order valence-corrected chi connectivity index (χ3v) is 6.62. The molecule has 7 nitrogen and oxygen atoms in total. The van der Waals surface area contributed by atoms with Crippen LogP contribution in [0.3, 0.4) is 0 Å². The maximum Gasteiger partial charge on any atom is 0.275 e. The molecular weight excluding hydrogens is 430 g/mol. The molecule has 0 N–H and O–H groups in total. The molecule has 4 rings (SSSR count). The van der Waals surface area contributed by atoms with Gasteiger partial charge in [-0.05, 0) is 31.0 Å². The molecular formula is C19H18ClN5O2S2. The second kappa shape index (κ2) is 8.25. The van der Waals surface area contributed by atoms with Gasteiger partial charge in [-0.3, -0.25) is 14.2 Å². The lowest BCUT2D eigenvalue weighted by atomic mass is 10.2. The van der Waals surface area contributed by atoms with Gasteiger partial charge in [-0.2, -0.15) is 9.61 Å². The highest BCUT2D eigenvalue weighted by Gasteiger charge is 2.14. The van der Waals surface area contributed by atoms with Crippen molar-refractivity contribution in [1.82, 2.24) is 24.1 Å². The molecule has 0 aliphatic rings. The maximum absolute atomic E-state index is 12.9. The summed E-state index contributed by atoms with van der Waals surface area (Å²) in [6.07, 6.45) is 1.56. The molecule has 10 heteroatoms. The topological polar surface area (TPSA) is 82.2 Å². The molecule has 3 heterocycles. The molecule has 150 valence electrons. The predicted molar refractivity (Wildman–Crippen MR) is 117 cm³/mol. The molecule has 0 saturated heterocycles. The van der Waals surface area contributed by atoms with Gasteiger partial charge < -0.3 is 0 Å². The fraction of sp³-hybridized carbons (Fsp3) is 0.316. The average molecular weight is 448 g/mol. The summed E-state index contributed by atoms with van der Waals surface area (Å²) in [5.41, 5.74) is 0.908. The summed E-state index contributed by atoms with van der Waals surface area (Å²) in [5, 5.41) is 6.80. The first-order valence-corrected chi connectivity index (χ1v) is 11.4. The average Bonchev–Trinajstić information content (AvgIpc) is 3.12. The minimum absolute atomic E-state index is 0.0884. The molecule has 29 heavy (non-hydrogen) atoms. The number of hydrogen-bond donors (Lipinski definition) is 0. The summed E-state index contributed by atoms with van der Waals surface area (Å²) in [4.78, 5) is 35.1. The van der Waals surface area contributed by atoms with Gasteiger partial charge in [0.2, 0.25) is 4.96 Å². The molecule has 1 aromatic carbocycles. The van der Waals surface area contributed by atoms with Crippen LogP contribution in [0.1, 0.15) is 31.0 Å². The van der Waals surface area contributed by atoms with E-state index in [1.54, 1.807) is 22.8 Å². The number of hydrogen-bond acceptors (Lipinski definition) is 7. The molecule has 0 aliphatic carbocycles. The molecule has 0 spiro atoms. The Morgan fingerprint density at radius 2 is 2.00 bits per heavy atom. The minimum Gasteiger partial charge on any atom is -0.287 e. The number of halogens is 1. The molecule has 4 aromatic rings. The predicted octanol–water partition coefficient (Wildman–Crippen LogP) is 3.78. The van der Waals surface area contributed by atoms with Gasteiger partial charge in [0.1, 0.15) is 5.01 Å². The normalized spacial score (nSPS) is 11.6. The van der Waals surface area contributed by atoms with E-state index in [0.717, 1.165) is 17.8 Å². The summed E-state index contributed by atoms with van der Waals surface area (Å²) < 4.78 is 3.01. The highest BCUT2D eigenvalue weighted by Crippen LogP contribution is 2.23. The SMILES string of the molecule is CCCn1c(SCc2cc(=O)n3nc(CC)sc3n2)nc2cc(Cl)ccc2c1=O. The quantitative estimate of drug-likeness (QED) is 0.330. The largest absolute Gasteiger partial charge is 0.287 e. The number of benzene rings is 1. The Hall–Kier alpha value is -2.23. The van der Waals surface area contributed by atoms with Crippen molar-refractivity contribution in [2.75, 3.05) is 0 Å². The third kappa shape index (κ3) is 3.94. The second-order valence-corrected chi connectivity index (χ2v) is 8.85. The zero-order valence-corrected chi connectivity index (χ0v) is 18.3. The summed E-state index contributed by atoms with van der Waals surface area (Å²) in [6, 6.07) is 6.58. The zero-order chi connectivity index (χ0) is 20.5. The van der Waals surface area contributed by atoms with Gasteiger partial charge in [-0.1, -0.05) is 48.5 Å². The van der Waals surface area contributed by atoms with Gasteiger partial charge in [0, 0.05) is 23.4 Å². The Bertz CT molecular complexity index is 1330. The zero-order valence-electron chi connectivity index (χ0n) is 15.9. The number of nitrogens with zero attached hydrogens (tertiary/aromatic N) is 5. The van der Waals surface area contributed by atoms with Crippen molar-refractivity contribution < 1.29 is 0 Å². The van der Waals surface area contributed by atoms with Crippen molar-refractivity contribution >= 4 is 50.6 Å². The van der Waals surface area contributed by atoms with E-state index >= 15 is 0 Å². The molecule has 3 aromatic heterocycles. The number of rotatable bonds is 6. The van der Waals surface area contributed by atoms with Gasteiger partial charge in [0.15, 0.2) is 5.16 Å². The third-order valence-electron chi connectivity index (χ3n) is 4.32. The molecule has 0 saturated carbocycles. The van der Waals surface area contributed by atoms with Crippen LogP contribution >= 0.6 is 34.7 Å². The van der Waals surface area contributed by atoms with Gasteiger partial charge >= 0.3 is 0 Å². The van der Waals surface area contributed by atoms with E-state index in [1.807, 2.05) is 13.8 Å². The van der Waals surface area contributed by atoms with Gasteiger partial charge in [-0.15, -0.1) is 0 Å². The number of fused-ring (bicyclic) bond motifs is 2. The van der Waals surface area contributed by atoms with E-state index < -0.39 is 0 Å². The molecule has 0 aliphatic heterocycles. The smallest absolute Gasteiger partial charge is 0.275 e. The molecule has 0 bridgehead atoms. The van der Waals surface area contributed by atoms with Crippen LogP contribution in [0.15, 0.2) is 39.0 Å². The molecule has 0 amide bonds. The number of aryl methyl sites for hydroxylation is 1. The molecule has 0 radical (unpaired) electrons. The van der Waals surface area contributed by atoms with Crippen LogP contribution in [0.5, 0.6) is 0 Å². The number of thioether (sulfide) groups is 1. The summed E-state index contributed by atoms with van der Waals surface area (Å²) in [6.45, 7) is 4.57. The van der Waals surface area contributed by atoms with Crippen LogP contribution in [-0.4, -0.2) is 24.1 Å². The van der Waals surface area contributed by atoms with E-state index in [1.165, 1.54) is 33.7 Å². The van der Waals surface area contributed by atoms with E-state index in [2.05, 4.69) is 15.1 Å². The fourth-order valence-corrected chi connectivity index (χ4v) is 4.90. The lowest BCUT2D eigenvalue weighted by molar-refractivity contribution is 0.584. The van der Waals surface area contributed by atoms with Crippen molar-refractivity contribution in [2.45, 2.75) is 44.1 Å². The van der Waals surface area contributed by atoms with Gasteiger partial charge in [-0.25, -0.2) is 9.97 Å². The molecule has 0 unspecified atom stereocenters. The molecule has 0 fully saturated rings. The van der Waals surface area contributed by atoms with Crippen LogP contribution in [-0.2, 0) is 18.7 Å². The monoisotopic (exact) mass is 447 g/mol. The lowest BCUT2D eigenvalue weighted by Gasteiger charge is -2.12. The standard InChI is InChI=1S/C19H18ClN5O2S2/c1-3-7-24-17(27)13-6-5-11(20)8-14(13)22-18(24)28-10-12-9-16(26)25-19(21-12)29-15(4-2)23-25/h5-6,8-9H,3-4,7,10H2,1-2H3. The van der Waals surface area contributed by atoms with Crippen LogP contribution in [0.2, 0.25) is 5.02 Å². The summed E-state index contributed by atoms with van der Waals surface area (Å²) in [7, 11) is 0. The minimum atomic E-state index is -0.203. The van der Waals surface area contributed by atoms with Crippen molar-refractivity contribution in [3.63, 3.8) is 0 Å². The highest BCUT2D eigenvalue weighted by atomic mass is 35.5. The van der Waals surface area contributed by atoms with E-state index in [0.29, 0.717) is 44.0 Å². The first-order chi connectivity index (χ1) is 14.0. The Morgan fingerprint density at radius 3 is 2.76 bits per heavy atom. The Kier molecular flexibility index (Phi) is 5.71. The summed E-state index contributed by atoms with van der Waals surface area (Å²) >= 11 is 8.87. The first-order valence-electron chi connectivity index (χ1n) is 9.21. The van der Waals surface area contributed by atoms with Gasteiger partial charge in [0.25, 0.3) is 11.1 Å².